The van der Waals surface area contributed by atoms with Crippen molar-refractivity contribution in [1.82, 2.24) is 10.6 Å². The molecule has 6 nitrogen and oxygen atoms in total. The van der Waals surface area contributed by atoms with Crippen molar-refractivity contribution in [2.75, 3.05) is 20.4 Å². The van der Waals surface area contributed by atoms with Crippen molar-refractivity contribution in [2.45, 2.75) is 25.5 Å². The first-order valence-corrected chi connectivity index (χ1v) is 9.51. The van der Waals surface area contributed by atoms with Crippen LogP contribution in [0.1, 0.15) is 23.5 Å². The van der Waals surface area contributed by atoms with Gasteiger partial charge in [-0.3, -0.25) is 4.99 Å². The van der Waals surface area contributed by atoms with Gasteiger partial charge in [0.05, 0.1) is 0 Å². The Labute approximate surface area is 167 Å². The van der Waals surface area contributed by atoms with Crippen LogP contribution in [-0.4, -0.2) is 33.0 Å². The van der Waals surface area contributed by atoms with Gasteiger partial charge in [0.2, 0.25) is 6.79 Å². The molecule has 1 aliphatic heterocycles. The highest BCUT2D eigenvalue weighted by Gasteiger charge is 2.37. The van der Waals surface area contributed by atoms with Gasteiger partial charge in [-0.15, -0.1) is 0 Å². The van der Waals surface area contributed by atoms with Crippen LogP contribution in [0.2, 0.25) is 0 Å². The lowest BCUT2D eigenvalue weighted by molar-refractivity contribution is -0.0505. The van der Waals surface area contributed by atoms with Gasteiger partial charge in [-0.25, -0.2) is 0 Å². The lowest BCUT2D eigenvalue weighted by atomic mass is 10.1. The minimum atomic E-state index is -2.92. The number of nitrogens with one attached hydrogen (secondary N) is 2. The summed E-state index contributed by atoms with van der Waals surface area (Å²) in [5.41, 5.74) is 1.89. The smallest absolute Gasteiger partial charge is 0.387 e. The van der Waals surface area contributed by atoms with Crippen molar-refractivity contribution in [3.8, 4) is 17.2 Å². The highest BCUT2D eigenvalue weighted by Crippen LogP contribution is 2.46. The number of hydrogen-bond acceptors (Lipinski definition) is 4. The Bertz CT molecular complexity index is 877. The topological polar surface area (TPSA) is 64.1 Å². The van der Waals surface area contributed by atoms with E-state index in [9.17, 15) is 8.78 Å². The van der Waals surface area contributed by atoms with E-state index in [1.165, 1.54) is 11.6 Å². The van der Waals surface area contributed by atoms with Crippen LogP contribution in [0.4, 0.5) is 8.78 Å². The molecule has 0 radical (unpaired) electrons. The number of alkyl halides is 2. The van der Waals surface area contributed by atoms with Crippen LogP contribution in [0, 0.1) is 5.92 Å². The van der Waals surface area contributed by atoms with E-state index < -0.39 is 6.61 Å². The lowest BCUT2D eigenvalue weighted by Crippen LogP contribution is -2.38. The van der Waals surface area contributed by atoms with E-state index >= 15 is 0 Å². The number of hydrogen-bond donors (Lipinski definition) is 2. The molecule has 0 amide bonds. The van der Waals surface area contributed by atoms with Crippen LogP contribution >= 0.6 is 0 Å². The third kappa shape index (κ3) is 4.70. The van der Waals surface area contributed by atoms with Gasteiger partial charge >= 0.3 is 6.61 Å². The fourth-order valence-electron chi connectivity index (χ4n) is 3.52. The molecule has 0 bridgehead atoms. The number of guanidine groups is 1. The third-order valence-electron chi connectivity index (χ3n) is 5.12. The van der Waals surface area contributed by atoms with E-state index in [0.29, 0.717) is 34.9 Å². The average molecular weight is 403 g/mol. The van der Waals surface area contributed by atoms with Crippen LogP contribution in [-0.2, 0) is 6.54 Å². The average Bonchev–Trinajstić information content (AvgIpc) is 3.36. The van der Waals surface area contributed by atoms with Gasteiger partial charge in [0.1, 0.15) is 5.75 Å². The third-order valence-corrected chi connectivity index (χ3v) is 5.12. The summed E-state index contributed by atoms with van der Waals surface area (Å²) in [4.78, 5) is 4.21. The SMILES string of the molecule is CN=C(NCc1cc2c(cc1OC(F)F)OCO2)NCC1CC1c1ccccc1. The molecule has 154 valence electrons. The van der Waals surface area contributed by atoms with Crippen molar-refractivity contribution in [3.63, 3.8) is 0 Å². The molecule has 2 N–H and O–H groups in total. The van der Waals surface area contributed by atoms with Crippen molar-refractivity contribution in [2.24, 2.45) is 10.9 Å². The molecule has 0 saturated heterocycles. The summed E-state index contributed by atoms with van der Waals surface area (Å²) in [7, 11) is 1.67. The largest absolute Gasteiger partial charge is 0.454 e. The first kappa shape index (κ1) is 19.3. The molecule has 2 aromatic rings. The number of benzene rings is 2. The lowest BCUT2D eigenvalue weighted by Gasteiger charge is -2.15. The molecule has 1 aliphatic carbocycles. The van der Waals surface area contributed by atoms with Gasteiger partial charge in [-0.2, -0.15) is 8.78 Å². The molecule has 0 aromatic heterocycles. The quantitative estimate of drug-likeness (QED) is 0.547. The number of rotatable bonds is 7. The molecule has 1 fully saturated rings. The second-order valence-corrected chi connectivity index (χ2v) is 7.01. The Morgan fingerprint density at radius 1 is 1.17 bits per heavy atom. The second-order valence-electron chi connectivity index (χ2n) is 7.01. The maximum Gasteiger partial charge on any atom is 0.387 e. The van der Waals surface area contributed by atoms with Gasteiger partial charge in [0, 0.05) is 31.8 Å². The van der Waals surface area contributed by atoms with E-state index in [-0.39, 0.29) is 19.1 Å². The van der Waals surface area contributed by atoms with Crippen LogP contribution < -0.4 is 24.8 Å². The molecule has 2 unspecified atom stereocenters. The number of nitrogens with zero attached hydrogens (tertiary/aromatic N) is 1. The minimum Gasteiger partial charge on any atom is -0.454 e. The number of halogens is 2. The predicted octanol–water partition coefficient (Wildman–Crippen LogP) is 3.49. The normalized spacial score (nSPS) is 19.9. The summed E-state index contributed by atoms with van der Waals surface area (Å²) in [5, 5.41) is 6.45. The maximum atomic E-state index is 12.8. The Kier molecular flexibility index (Phi) is 5.69. The fourth-order valence-corrected chi connectivity index (χ4v) is 3.52. The van der Waals surface area contributed by atoms with E-state index in [0.717, 1.165) is 13.0 Å². The van der Waals surface area contributed by atoms with Crippen LogP contribution in [0.5, 0.6) is 17.2 Å². The molecule has 2 atom stereocenters. The summed E-state index contributed by atoms with van der Waals surface area (Å²) < 4.78 is 40.7. The summed E-state index contributed by atoms with van der Waals surface area (Å²) >= 11 is 0. The zero-order valence-corrected chi connectivity index (χ0v) is 16.0. The van der Waals surface area contributed by atoms with Crippen molar-refractivity contribution < 1.29 is 23.0 Å². The molecular formula is C21H23F2N3O3. The van der Waals surface area contributed by atoms with Crippen LogP contribution in [0.15, 0.2) is 47.5 Å². The number of ether oxygens (including phenoxy) is 3. The van der Waals surface area contributed by atoms with Crippen molar-refractivity contribution in [3.05, 3.63) is 53.6 Å². The van der Waals surface area contributed by atoms with E-state index in [2.05, 4.69) is 44.6 Å². The Morgan fingerprint density at radius 2 is 1.93 bits per heavy atom. The highest BCUT2D eigenvalue weighted by molar-refractivity contribution is 5.79. The zero-order chi connectivity index (χ0) is 20.2. The van der Waals surface area contributed by atoms with Crippen molar-refractivity contribution >= 4 is 5.96 Å². The van der Waals surface area contributed by atoms with Gasteiger partial charge in [0.15, 0.2) is 17.5 Å². The molecule has 1 heterocycles. The molecular weight excluding hydrogens is 380 g/mol. The fraction of sp³-hybridized carbons (Fsp3) is 0.381. The maximum absolute atomic E-state index is 12.8. The van der Waals surface area contributed by atoms with Gasteiger partial charge in [0.25, 0.3) is 0 Å². The number of fused-ring (bicyclic) bond motifs is 1. The first-order valence-electron chi connectivity index (χ1n) is 9.51. The van der Waals surface area contributed by atoms with Gasteiger partial charge in [-0.1, -0.05) is 30.3 Å². The first-order chi connectivity index (χ1) is 14.1. The second kappa shape index (κ2) is 8.55. The molecule has 8 heteroatoms. The zero-order valence-electron chi connectivity index (χ0n) is 16.0. The Hall–Kier alpha value is -3.03. The summed E-state index contributed by atoms with van der Waals surface area (Å²) in [6.45, 7) is -1.81. The predicted molar refractivity (Wildman–Crippen MR) is 105 cm³/mol. The van der Waals surface area contributed by atoms with Crippen molar-refractivity contribution in [1.29, 1.82) is 0 Å². The summed E-state index contributed by atoms with van der Waals surface area (Å²) in [5.74, 6) is 2.69. The van der Waals surface area contributed by atoms with Gasteiger partial charge < -0.3 is 24.8 Å². The monoisotopic (exact) mass is 403 g/mol. The molecule has 2 aromatic carbocycles. The highest BCUT2D eigenvalue weighted by atomic mass is 19.3. The van der Waals surface area contributed by atoms with Crippen LogP contribution in [0.25, 0.3) is 0 Å². The Morgan fingerprint density at radius 3 is 2.66 bits per heavy atom. The summed E-state index contributed by atoms with van der Waals surface area (Å²) in [6, 6.07) is 13.5. The van der Waals surface area contributed by atoms with Crippen LogP contribution in [0.3, 0.4) is 0 Å². The minimum absolute atomic E-state index is 0.0542. The standard InChI is InChI=1S/C21H23F2N3O3/c1-24-21(25-10-14-7-16(14)13-5-3-2-4-6-13)26-11-15-8-18-19(28-12-27-18)9-17(15)29-20(22)23/h2-6,8-9,14,16,20H,7,10-12H2,1H3,(H2,24,25,26). The van der Waals surface area contributed by atoms with E-state index in [1.807, 2.05) is 6.07 Å². The van der Waals surface area contributed by atoms with E-state index in [1.54, 1.807) is 13.1 Å². The molecule has 2 aliphatic rings. The van der Waals surface area contributed by atoms with Gasteiger partial charge in [-0.05, 0) is 29.9 Å². The summed E-state index contributed by atoms with van der Waals surface area (Å²) in [6.07, 6.45) is 1.14. The number of aliphatic imine (C=N–C) groups is 1. The Balaban J connectivity index is 1.33. The molecule has 1 saturated carbocycles. The molecule has 0 spiro atoms. The molecule has 4 rings (SSSR count). The van der Waals surface area contributed by atoms with E-state index in [4.69, 9.17) is 9.47 Å². The molecule has 29 heavy (non-hydrogen) atoms.